The summed E-state index contributed by atoms with van der Waals surface area (Å²) in [6, 6.07) is 11.6. The molecule has 0 spiro atoms. The number of nitrogens with zero attached hydrogens (tertiary/aromatic N) is 1. The van der Waals surface area contributed by atoms with E-state index in [0.29, 0.717) is 22.9 Å². The van der Waals surface area contributed by atoms with Gasteiger partial charge in [-0.05, 0) is 48.4 Å². The SMILES string of the molecule is COc1ccc2c(c1)c(CC(=O)N[C@@H](C=O)[C@@H](O)[C@H](O)[C@H](O)CO)c(C)n2Cc1ccc(Cl)cc1. The summed E-state index contributed by atoms with van der Waals surface area (Å²) in [6.45, 7) is 1.61. The van der Waals surface area contributed by atoms with Gasteiger partial charge >= 0.3 is 0 Å². The molecule has 3 aromatic rings. The molecule has 1 amide bonds. The van der Waals surface area contributed by atoms with Crippen LogP contribution >= 0.6 is 11.6 Å². The number of hydrogen-bond acceptors (Lipinski definition) is 7. The molecular weight excluding hydrogens is 476 g/mol. The van der Waals surface area contributed by atoms with E-state index in [2.05, 4.69) is 9.88 Å². The van der Waals surface area contributed by atoms with Gasteiger partial charge in [0, 0.05) is 28.2 Å². The van der Waals surface area contributed by atoms with E-state index in [-0.39, 0.29) is 12.7 Å². The van der Waals surface area contributed by atoms with Crippen molar-refractivity contribution in [1.82, 2.24) is 9.88 Å². The minimum atomic E-state index is -1.82. The number of hydrogen-bond donors (Lipinski definition) is 5. The molecule has 4 atom stereocenters. The Morgan fingerprint density at radius 2 is 1.83 bits per heavy atom. The first kappa shape index (κ1) is 26.7. The average molecular weight is 505 g/mol. The molecular formula is C25H29ClN2O7. The van der Waals surface area contributed by atoms with E-state index in [0.717, 1.165) is 22.2 Å². The van der Waals surface area contributed by atoms with Crippen LogP contribution in [0.5, 0.6) is 5.75 Å². The number of ether oxygens (including phenoxy) is 1. The summed E-state index contributed by atoms with van der Waals surface area (Å²) in [5.74, 6) is 0.0494. The van der Waals surface area contributed by atoms with E-state index in [1.807, 2.05) is 49.4 Å². The molecule has 0 saturated heterocycles. The van der Waals surface area contributed by atoms with E-state index in [1.54, 1.807) is 7.11 Å². The van der Waals surface area contributed by atoms with E-state index >= 15 is 0 Å². The van der Waals surface area contributed by atoms with Crippen LogP contribution in [-0.2, 0) is 22.6 Å². The highest BCUT2D eigenvalue weighted by molar-refractivity contribution is 6.30. The Kier molecular flexibility index (Phi) is 8.87. The Morgan fingerprint density at radius 3 is 2.43 bits per heavy atom. The van der Waals surface area contributed by atoms with E-state index in [4.69, 9.17) is 21.4 Å². The molecule has 0 aliphatic carbocycles. The first-order valence-corrected chi connectivity index (χ1v) is 11.4. The van der Waals surface area contributed by atoms with Gasteiger partial charge in [-0.1, -0.05) is 23.7 Å². The number of carbonyl (C=O) groups excluding carboxylic acids is 2. The zero-order chi connectivity index (χ0) is 25.7. The van der Waals surface area contributed by atoms with E-state index in [1.165, 1.54) is 0 Å². The van der Waals surface area contributed by atoms with Gasteiger partial charge in [-0.15, -0.1) is 0 Å². The lowest BCUT2D eigenvalue weighted by atomic mass is 10.0. The highest BCUT2D eigenvalue weighted by Crippen LogP contribution is 2.31. The molecule has 0 fully saturated rings. The minimum absolute atomic E-state index is 0.112. The lowest BCUT2D eigenvalue weighted by molar-refractivity contribution is -0.130. The van der Waals surface area contributed by atoms with Crippen molar-refractivity contribution in [2.24, 2.45) is 0 Å². The summed E-state index contributed by atoms with van der Waals surface area (Å²) >= 11 is 6.01. The highest BCUT2D eigenvalue weighted by Gasteiger charge is 2.32. The summed E-state index contributed by atoms with van der Waals surface area (Å²) in [6.07, 6.45) is -5.12. The Labute approximate surface area is 207 Å². The average Bonchev–Trinajstić information content (AvgIpc) is 3.12. The molecule has 0 bridgehead atoms. The van der Waals surface area contributed by atoms with Gasteiger partial charge in [0.1, 0.15) is 36.4 Å². The molecule has 1 aromatic heterocycles. The second kappa shape index (κ2) is 11.7. The van der Waals surface area contributed by atoms with Gasteiger partial charge in [0.25, 0.3) is 0 Å². The molecule has 0 aliphatic rings. The van der Waals surface area contributed by atoms with Crippen molar-refractivity contribution < 1.29 is 34.8 Å². The summed E-state index contributed by atoms with van der Waals surface area (Å²) in [7, 11) is 1.55. The summed E-state index contributed by atoms with van der Waals surface area (Å²) in [5, 5.41) is 42.4. The van der Waals surface area contributed by atoms with Gasteiger partial charge < -0.3 is 39.8 Å². The molecule has 5 N–H and O–H groups in total. The normalized spacial score (nSPS) is 14.8. The fraction of sp³-hybridized carbons (Fsp3) is 0.360. The molecule has 9 nitrogen and oxygen atoms in total. The van der Waals surface area contributed by atoms with Crippen molar-refractivity contribution in [2.45, 2.75) is 44.2 Å². The van der Waals surface area contributed by atoms with Crippen molar-refractivity contribution in [3.05, 3.63) is 64.3 Å². The van der Waals surface area contributed by atoms with Gasteiger partial charge in [0.05, 0.1) is 20.1 Å². The number of carbonyl (C=O) groups is 2. The molecule has 0 aliphatic heterocycles. The second-order valence-electron chi connectivity index (χ2n) is 8.30. The van der Waals surface area contributed by atoms with E-state index in [9.17, 15) is 24.9 Å². The number of amides is 1. The number of halogens is 1. The van der Waals surface area contributed by atoms with Crippen molar-refractivity contribution in [3.63, 3.8) is 0 Å². The lowest BCUT2D eigenvalue weighted by Gasteiger charge is -2.26. The molecule has 0 unspecified atom stereocenters. The van der Waals surface area contributed by atoms with Gasteiger partial charge in [-0.3, -0.25) is 4.79 Å². The third kappa shape index (κ3) is 6.01. The van der Waals surface area contributed by atoms with Crippen LogP contribution in [0, 0.1) is 6.92 Å². The van der Waals surface area contributed by atoms with Crippen LogP contribution in [0.2, 0.25) is 5.02 Å². The third-order valence-corrected chi connectivity index (χ3v) is 6.28. The Morgan fingerprint density at radius 1 is 1.14 bits per heavy atom. The van der Waals surface area contributed by atoms with Crippen molar-refractivity contribution >= 4 is 34.7 Å². The molecule has 10 heteroatoms. The number of aldehydes is 1. The van der Waals surface area contributed by atoms with Crippen molar-refractivity contribution in [3.8, 4) is 5.75 Å². The maximum atomic E-state index is 12.9. The number of nitrogens with one attached hydrogen (secondary N) is 1. The number of benzene rings is 2. The minimum Gasteiger partial charge on any atom is -0.497 e. The Hall–Kier alpha value is -2.95. The number of aromatic nitrogens is 1. The lowest BCUT2D eigenvalue weighted by Crippen LogP contribution is -2.53. The molecule has 35 heavy (non-hydrogen) atoms. The zero-order valence-electron chi connectivity index (χ0n) is 19.4. The van der Waals surface area contributed by atoms with Crippen LogP contribution in [0.15, 0.2) is 42.5 Å². The molecule has 0 radical (unpaired) electrons. The van der Waals surface area contributed by atoms with Crippen LogP contribution in [0.1, 0.15) is 16.8 Å². The number of aliphatic hydroxyl groups excluding tert-OH is 4. The van der Waals surface area contributed by atoms with Crippen LogP contribution in [0.3, 0.4) is 0 Å². The molecule has 188 valence electrons. The van der Waals surface area contributed by atoms with Gasteiger partial charge in [0.15, 0.2) is 0 Å². The molecule has 2 aromatic carbocycles. The Bertz CT molecular complexity index is 1180. The van der Waals surface area contributed by atoms with Gasteiger partial charge in [-0.2, -0.15) is 0 Å². The largest absolute Gasteiger partial charge is 0.497 e. The van der Waals surface area contributed by atoms with Crippen LogP contribution in [0.4, 0.5) is 0 Å². The monoisotopic (exact) mass is 504 g/mol. The fourth-order valence-electron chi connectivity index (χ4n) is 4.00. The maximum Gasteiger partial charge on any atom is 0.225 e. The fourth-order valence-corrected chi connectivity index (χ4v) is 4.13. The zero-order valence-corrected chi connectivity index (χ0v) is 20.1. The molecule has 3 rings (SSSR count). The summed E-state index contributed by atoms with van der Waals surface area (Å²) < 4.78 is 7.42. The topological polar surface area (TPSA) is 141 Å². The van der Waals surface area contributed by atoms with E-state index < -0.39 is 36.9 Å². The van der Waals surface area contributed by atoms with Gasteiger partial charge in [0.2, 0.25) is 5.91 Å². The first-order valence-electron chi connectivity index (χ1n) is 11.0. The summed E-state index contributed by atoms with van der Waals surface area (Å²) in [4.78, 5) is 24.4. The highest BCUT2D eigenvalue weighted by atomic mass is 35.5. The van der Waals surface area contributed by atoms with Crippen molar-refractivity contribution in [1.29, 1.82) is 0 Å². The second-order valence-corrected chi connectivity index (χ2v) is 8.73. The predicted molar refractivity (Wildman–Crippen MR) is 131 cm³/mol. The van der Waals surface area contributed by atoms with Crippen LogP contribution in [0.25, 0.3) is 10.9 Å². The smallest absolute Gasteiger partial charge is 0.225 e. The number of aliphatic hydroxyl groups is 4. The third-order valence-electron chi connectivity index (χ3n) is 6.03. The quantitative estimate of drug-likeness (QED) is 0.245. The number of methoxy groups -OCH3 is 1. The molecule has 0 saturated carbocycles. The maximum absolute atomic E-state index is 12.9. The number of fused-ring (bicyclic) bond motifs is 1. The van der Waals surface area contributed by atoms with Gasteiger partial charge in [-0.25, -0.2) is 0 Å². The first-order chi connectivity index (χ1) is 16.7. The molecule has 1 heterocycles. The summed E-state index contributed by atoms with van der Waals surface area (Å²) in [5.41, 5.74) is 3.44. The van der Waals surface area contributed by atoms with Crippen LogP contribution in [-0.4, -0.2) is 75.3 Å². The standard InChI is InChI=1S/C25H29ClN2O7/c1-14-18(10-23(32)27-20(12-29)24(33)25(34)22(31)13-30)19-9-17(35-2)7-8-21(19)28(14)11-15-3-5-16(26)6-4-15/h3-9,12,20,22,24-25,30-31,33-34H,10-11,13H2,1-2H3,(H,27,32)/t20-,22+,24+,25+/m0/s1. The Balaban J connectivity index is 1.91. The van der Waals surface area contributed by atoms with Crippen molar-refractivity contribution in [2.75, 3.05) is 13.7 Å². The number of rotatable bonds is 11. The van der Waals surface area contributed by atoms with Crippen LogP contribution < -0.4 is 10.1 Å². The predicted octanol–water partition coefficient (Wildman–Crippen LogP) is 0.961.